The van der Waals surface area contributed by atoms with Crippen molar-refractivity contribution >= 4 is 21.7 Å². The van der Waals surface area contributed by atoms with E-state index >= 15 is 0 Å². The summed E-state index contributed by atoms with van der Waals surface area (Å²) in [5.41, 5.74) is 5.64. The molecule has 1 saturated carbocycles. The quantitative estimate of drug-likeness (QED) is 0.790. The van der Waals surface area contributed by atoms with Crippen LogP contribution in [0.1, 0.15) is 30.1 Å². The number of carbonyl (C=O) groups is 1. The van der Waals surface area contributed by atoms with Crippen molar-refractivity contribution in [2.45, 2.75) is 30.7 Å². The lowest BCUT2D eigenvalue weighted by Crippen LogP contribution is -2.33. The molecule has 1 aliphatic carbocycles. The predicted octanol–water partition coefficient (Wildman–Crippen LogP) is 1.14. The number of rotatable bonds is 5. The smallest absolute Gasteiger partial charge is 0.335 e. The summed E-state index contributed by atoms with van der Waals surface area (Å²) in [6, 6.07) is 3.75. The molecule has 0 heterocycles. The zero-order chi connectivity index (χ0) is 14.2. The first-order valence-electron chi connectivity index (χ1n) is 6.02. The molecule has 1 aliphatic rings. The molecule has 0 unspecified atom stereocenters. The molecular formula is C12H16N2O4S. The van der Waals surface area contributed by atoms with Gasteiger partial charge in [-0.15, -0.1) is 0 Å². The summed E-state index contributed by atoms with van der Waals surface area (Å²) in [5.74, 6) is -1.13. The van der Waals surface area contributed by atoms with Crippen LogP contribution in [-0.2, 0) is 10.0 Å². The highest BCUT2D eigenvalue weighted by Crippen LogP contribution is 2.33. The number of benzene rings is 1. The molecule has 0 atom stereocenters. The number of carboxylic acids is 1. The van der Waals surface area contributed by atoms with Crippen molar-refractivity contribution < 1.29 is 18.3 Å². The Bertz CT molecular complexity index is 608. The van der Waals surface area contributed by atoms with E-state index in [0.717, 1.165) is 12.8 Å². The van der Waals surface area contributed by atoms with E-state index in [9.17, 15) is 13.2 Å². The summed E-state index contributed by atoms with van der Waals surface area (Å²) >= 11 is 0. The van der Waals surface area contributed by atoms with E-state index in [1.165, 1.54) is 22.5 Å². The number of nitrogens with zero attached hydrogens (tertiary/aromatic N) is 1. The number of nitrogen functional groups attached to an aromatic ring is 1. The van der Waals surface area contributed by atoms with Gasteiger partial charge in [-0.05, 0) is 31.0 Å². The van der Waals surface area contributed by atoms with Crippen LogP contribution in [0.2, 0.25) is 0 Å². The van der Waals surface area contributed by atoms with Gasteiger partial charge in [0.05, 0.1) is 11.3 Å². The molecule has 0 amide bonds. The fourth-order valence-corrected chi connectivity index (χ4v) is 3.82. The summed E-state index contributed by atoms with van der Waals surface area (Å²) in [6.07, 6.45) is 1.72. The Labute approximate surface area is 111 Å². The Morgan fingerprint density at radius 1 is 1.47 bits per heavy atom. The van der Waals surface area contributed by atoms with Gasteiger partial charge in [-0.1, -0.05) is 6.92 Å². The Hall–Kier alpha value is -1.60. The highest BCUT2D eigenvalue weighted by Gasteiger charge is 2.37. The minimum Gasteiger partial charge on any atom is -0.478 e. The molecule has 0 spiro atoms. The second kappa shape index (κ2) is 4.82. The van der Waals surface area contributed by atoms with Crippen molar-refractivity contribution in [3.63, 3.8) is 0 Å². The first-order valence-corrected chi connectivity index (χ1v) is 7.46. The van der Waals surface area contributed by atoms with Crippen molar-refractivity contribution in [2.24, 2.45) is 0 Å². The summed E-state index contributed by atoms with van der Waals surface area (Å²) in [5, 5.41) is 8.84. The number of nitrogens with two attached hydrogens (primary N) is 1. The molecule has 104 valence electrons. The number of aromatic carboxylic acids is 1. The van der Waals surface area contributed by atoms with Crippen LogP contribution in [0.5, 0.6) is 0 Å². The van der Waals surface area contributed by atoms with Crippen LogP contribution in [0, 0.1) is 0 Å². The molecule has 0 bridgehead atoms. The van der Waals surface area contributed by atoms with E-state index in [1.807, 2.05) is 0 Å². The summed E-state index contributed by atoms with van der Waals surface area (Å²) in [6.45, 7) is 2.16. The third kappa shape index (κ3) is 2.57. The average molecular weight is 284 g/mol. The molecule has 0 saturated heterocycles. The van der Waals surface area contributed by atoms with E-state index in [0.29, 0.717) is 6.54 Å². The lowest BCUT2D eigenvalue weighted by Gasteiger charge is -2.21. The SMILES string of the molecule is CCN(C1CC1)S(=O)(=O)c1ccc(C(=O)O)cc1N. The number of anilines is 1. The van der Waals surface area contributed by atoms with Crippen LogP contribution < -0.4 is 5.73 Å². The molecule has 0 aromatic heterocycles. The maximum atomic E-state index is 12.4. The third-order valence-electron chi connectivity index (χ3n) is 3.11. The van der Waals surface area contributed by atoms with Crippen LogP contribution in [0.3, 0.4) is 0 Å². The molecule has 1 fully saturated rings. The van der Waals surface area contributed by atoms with Crippen molar-refractivity contribution in [3.05, 3.63) is 23.8 Å². The molecule has 19 heavy (non-hydrogen) atoms. The highest BCUT2D eigenvalue weighted by atomic mass is 32.2. The lowest BCUT2D eigenvalue weighted by molar-refractivity contribution is 0.0697. The second-order valence-corrected chi connectivity index (χ2v) is 6.36. The van der Waals surface area contributed by atoms with Gasteiger partial charge in [-0.3, -0.25) is 0 Å². The van der Waals surface area contributed by atoms with E-state index in [-0.39, 0.29) is 22.2 Å². The van der Waals surface area contributed by atoms with Gasteiger partial charge >= 0.3 is 5.97 Å². The van der Waals surface area contributed by atoms with Gasteiger partial charge in [0.2, 0.25) is 10.0 Å². The van der Waals surface area contributed by atoms with E-state index in [4.69, 9.17) is 10.8 Å². The van der Waals surface area contributed by atoms with Gasteiger partial charge < -0.3 is 10.8 Å². The summed E-state index contributed by atoms with van der Waals surface area (Å²) < 4.78 is 26.3. The number of carboxylic acid groups (broad SMARTS) is 1. The molecule has 6 nitrogen and oxygen atoms in total. The third-order valence-corrected chi connectivity index (χ3v) is 5.21. The average Bonchev–Trinajstić information content (AvgIpc) is 3.13. The van der Waals surface area contributed by atoms with Crippen molar-refractivity contribution in [3.8, 4) is 0 Å². The molecule has 1 aromatic carbocycles. The molecular weight excluding hydrogens is 268 g/mol. The molecule has 2 rings (SSSR count). The van der Waals surface area contributed by atoms with Gasteiger partial charge in [0, 0.05) is 12.6 Å². The fourth-order valence-electron chi connectivity index (χ4n) is 2.03. The van der Waals surface area contributed by atoms with Crippen molar-refractivity contribution in [2.75, 3.05) is 12.3 Å². The molecule has 0 radical (unpaired) electrons. The zero-order valence-corrected chi connectivity index (χ0v) is 11.4. The van der Waals surface area contributed by atoms with E-state index in [1.54, 1.807) is 6.92 Å². The Morgan fingerprint density at radius 3 is 2.53 bits per heavy atom. The predicted molar refractivity (Wildman–Crippen MR) is 70.4 cm³/mol. The second-order valence-electron chi connectivity index (χ2n) is 4.50. The van der Waals surface area contributed by atoms with Crippen LogP contribution in [0.15, 0.2) is 23.1 Å². The molecule has 3 N–H and O–H groups in total. The van der Waals surface area contributed by atoms with Gasteiger partial charge in [0.25, 0.3) is 0 Å². The topological polar surface area (TPSA) is 101 Å². The maximum absolute atomic E-state index is 12.4. The number of sulfonamides is 1. The van der Waals surface area contributed by atoms with Crippen LogP contribution in [-0.4, -0.2) is 36.4 Å². The zero-order valence-electron chi connectivity index (χ0n) is 10.5. The largest absolute Gasteiger partial charge is 0.478 e. The Morgan fingerprint density at radius 2 is 2.11 bits per heavy atom. The summed E-state index contributed by atoms with van der Waals surface area (Å²) in [4.78, 5) is 10.8. The number of hydrogen-bond donors (Lipinski definition) is 2. The molecule has 0 aliphatic heterocycles. The normalized spacial score (nSPS) is 15.7. The maximum Gasteiger partial charge on any atom is 0.335 e. The van der Waals surface area contributed by atoms with Crippen LogP contribution >= 0.6 is 0 Å². The minimum absolute atomic E-state index is 0.0220. The standard InChI is InChI=1S/C12H16N2O4S/c1-2-14(9-4-5-9)19(17,18)11-6-3-8(12(15)16)7-10(11)13/h3,6-7,9H,2,4-5,13H2,1H3,(H,15,16). The first-order chi connectivity index (χ1) is 8.87. The monoisotopic (exact) mass is 284 g/mol. The highest BCUT2D eigenvalue weighted by molar-refractivity contribution is 7.89. The van der Waals surface area contributed by atoms with Crippen LogP contribution in [0.25, 0.3) is 0 Å². The van der Waals surface area contributed by atoms with E-state index < -0.39 is 16.0 Å². The fraction of sp³-hybridized carbons (Fsp3) is 0.417. The van der Waals surface area contributed by atoms with Crippen molar-refractivity contribution in [1.29, 1.82) is 0 Å². The van der Waals surface area contributed by atoms with Gasteiger partial charge in [0.1, 0.15) is 4.90 Å². The molecule has 1 aromatic rings. The minimum atomic E-state index is -3.65. The van der Waals surface area contributed by atoms with Gasteiger partial charge in [-0.2, -0.15) is 4.31 Å². The first kappa shape index (κ1) is 13.8. The van der Waals surface area contributed by atoms with Crippen molar-refractivity contribution in [1.82, 2.24) is 4.31 Å². The summed E-state index contributed by atoms with van der Waals surface area (Å²) in [7, 11) is -3.65. The van der Waals surface area contributed by atoms with Gasteiger partial charge in [0.15, 0.2) is 0 Å². The van der Waals surface area contributed by atoms with Gasteiger partial charge in [-0.25, -0.2) is 13.2 Å². The Balaban J connectivity index is 2.43. The molecule has 7 heteroatoms. The van der Waals surface area contributed by atoms with E-state index in [2.05, 4.69) is 0 Å². The van der Waals surface area contributed by atoms with Crippen LogP contribution in [0.4, 0.5) is 5.69 Å². The lowest BCUT2D eigenvalue weighted by atomic mass is 10.2. The number of hydrogen-bond acceptors (Lipinski definition) is 4. The Kier molecular flexibility index (Phi) is 3.51.